The van der Waals surface area contributed by atoms with E-state index in [4.69, 9.17) is 10.6 Å². The van der Waals surface area contributed by atoms with Crippen molar-refractivity contribution in [2.75, 3.05) is 13.2 Å². The summed E-state index contributed by atoms with van der Waals surface area (Å²) >= 11 is 3.57. The van der Waals surface area contributed by atoms with Crippen molar-refractivity contribution in [1.29, 1.82) is 0 Å². The average molecular weight is 378 g/mol. The first-order valence-electron chi connectivity index (χ1n) is 8.32. The van der Waals surface area contributed by atoms with Crippen molar-refractivity contribution in [1.82, 2.24) is 0 Å². The zero-order valence-corrected chi connectivity index (χ0v) is 15.2. The molecule has 23 heavy (non-hydrogen) atoms. The van der Waals surface area contributed by atoms with Gasteiger partial charge in [-0.05, 0) is 62.3 Å². The largest absolute Gasteiger partial charge is 0.376 e. The molecule has 0 spiro atoms. The molecule has 5 heteroatoms. The summed E-state index contributed by atoms with van der Waals surface area (Å²) in [7, 11) is 0. The molecule has 2 aliphatic rings. The van der Waals surface area contributed by atoms with Gasteiger partial charge in [0.1, 0.15) is 0 Å². The van der Waals surface area contributed by atoms with Crippen LogP contribution in [-0.2, 0) is 10.2 Å². The Morgan fingerprint density at radius 3 is 2.91 bits per heavy atom. The van der Waals surface area contributed by atoms with Crippen molar-refractivity contribution < 1.29 is 4.74 Å². The second-order valence-electron chi connectivity index (χ2n) is 6.54. The molecule has 0 aromatic heterocycles. The highest BCUT2D eigenvalue weighted by atomic mass is 79.9. The van der Waals surface area contributed by atoms with Crippen LogP contribution in [0.5, 0.6) is 0 Å². The lowest BCUT2D eigenvalue weighted by Gasteiger charge is -2.21. The zero-order valence-electron chi connectivity index (χ0n) is 13.6. The van der Waals surface area contributed by atoms with Crippen LogP contribution in [0.25, 0.3) is 0 Å². The molecule has 1 unspecified atom stereocenters. The molecule has 4 nitrogen and oxygen atoms in total. The number of hydrazone groups is 1. The van der Waals surface area contributed by atoms with Gasteiger partial charge in [-0.1, -0.05) is 22.0 Å². The highest BCUT2D eigenvalue weighted by Crippen LogP contribution is 2.50. The molecule has 1 atom stereocenters. The number of hydrogen-bond acceptors (Lipinski definition) is 4. The van der Waals surface area contributed by atoms with E-state index in [1.54, 1.807) is 0 Å². The number of nitrogens with zero attached hydrogens (tertiary/aromatic N) is 2. The highest BCUT2D eigenvalue weighted by molar-refractivity contribution is 9.10. The Bertz CT molecular complexity index is 617. The maximum Gasteiger partial charge on any atom is 0.0883 e. The average Bonchev–Trinajstić information content (AvgIpc) is 3.36. The standard InChI is InChI=1S/C18H24BrN3O/c1-13-5-6-14(19)10-16(13)18(7-8-18)17(22-20)12-21-11-15-4-2-3-9-23-15/h5-6,10,12,15H,2-4,7-9,11,20H2,1H3/b21-12?,22-17+. The third kappa shape index (κ3) is 3.66. The van der Waals surface area contributed by atoms with Crippen molar-refractivity contribution in [3.63, 3.8) is 0 Å². The quantitative estimate of drug-likeness (QED) is 0.482. The van der Waals surface area contributed by atoms with Gasteiger partial charge in [0.15, 0.2) is 0 Å². The van der Waals surface area contributed by atoms with Crippen LogP contribution in [0, 0.1) is 6.92 Å². The first-order valence-corrected chi connectivity index (χ1v) is 9.11. The third-order valence-corrected chi connectivity index (χ3v) is 5.38. The summed E-state index contributed by atoms with van der Waals surface area (Å²) in [5, 5.41) is 4.06. The van der Waals surface area contributed by atoms with E-state index in [1.807, 2.05) is 6.21 Å². The maximum atomic E-state index is 5.72. The highest BCUT2D eigenvalue weighted by Gasteiger charge is 2.49. The second-order valence-corrected chi connectivity index (χ2v) is 7.45. The summed E-state index contributed by atoms with van der Waals surface area (Å²) in [4.78, 5) is 4.58. The summed E-state index contributed by atoms with van der Waals surface area (Å²) in [6.07, 6.45) is 7.77. The van der Waals surface area contributed by atoms with Crippen LogP contribution >= 0.6 is 15.9 Å². The van der Waals surface area contributed by atoms with E-state index in [0.717, 1.165) is 36.1 Å². The number of nitrogens with two attached hydrogens (primary N) is 1. The lowest BCUT2D eigenvalue weighted by molar-refractivity contribution is 0.0226. The van der Waals surface area contributed by atoms with Crippen LogP contribution in [0.2, 0.25) is 0 Å². The molecule has 2 N–H and O–H groups in total. The van der Waals surface area contributed by atoms with Gasteiger partial charge >= 0.3 is 0 Å². The Labute approximate surface area is 146 Å². The van der Waals surface area contributed by atoms with Gasteiger partial charge in [0.25, 0.3) is 0 Å². The summed E-state index contributed by atoms with van der Waals surface area (Å²) in [6, 6.07) is 6.40. The molecule has 1 saturated carbocycles. The van der Waals surface area contributed by atoms with Crippen LogP contribution in [0.3, 0.4) is 0 Å². The minimum absolute atomic E-state index is 0.0560. The number of halogens is 1. The molecule has 0 radical (unpaired) electrons. The Balaban J connectivity index is 1.74. The van der Waals surface area contributed by atoms with Crippen LogP contribution in [0.4, 0.5) is 0 Å². The fraction of sp³-hybridized carbons (Fsp3) is 0.556. The monoisotopic (exact) mass is 377 g/mol. The van der Waals surface area contributed by atoms with Crippen molar-refractivity contribution in [3.8, 4) is 0 Å². The Hall–Kier alpha value is -1.20. The van der Waals surface area contributed by atoms with Gasteiger partial charge in [0, 0.05) is 22.7 Å². The van der Waals surface area contributed by atoms with Crippen molar-refractivity contribution in [2.45, 2.75) is 50.5 Å². The van der Waals surface area contributed by atoms with Crippen LogP contribution in [-0.4, -0.2) is 31.2 Å². The molecule has 0 bridgehead atoms. The summed E-state index contributed by atoms with van der Waals surface area (Å²) in [6.45, 7) is 3.70. The molecule has 1 aliphatic carbocycles. The molecular formula is C18H24BrN3O. The van der Waals surface area contributed by atoms with E-state index in [1.165, 1.54) is 24.0 Å². The number of ether oxygens (including phenoxy) is 1. The predicted molar refractivity (Wildman–Crippen MR) is 98.4 cm³/mol. The SMILES string of the molecule is Cc1ccc(Br)cc1C1(/C(C=NCC2CCCCO2)=N/N)CC1. The zero-order chi connectivity index (χ0) is 16.3. The Kier molecular flexibility index (Phi) is 5.17. The van der Waals surface area contributed by atoms with Gasteiger partial charge in [-0.25, -0.2) is 0 Å². The lowest BCUT2D eigenvalue weighted by atomic mass is 9.88. The van der Waals surface area contributed by atoms with E-state index < -0.39 is 0 Å². The van der Waals surface area contributed by atoms with E-state index in [9.17, 15) is 0 Å². The van der Waals surface area contributed by atoms with Crippen molar-refractivity contribution in [2.24, 2.45) is 15.9 Å². The predicted octanol–water partition coefficient (Wildman–Crippen LogP) is 3.74. The fourth-order valence-corrected chi connectivity index (χ4v) is 3.75. The molecular weight excluding hydrogens is 354 g/mol. The number of rotatable bonds is 5. The van der Waals surface area contributed by atoms with Crippen molar-refractivity contribution >= 4 is 27.9 Å². The summed E-state index contributed by atoms with van der Waals surface area (Å²) in [5.41, 5.74) is 3.40. The van der Waals surface area contributed by atoms with Crippen molar-refractivity contribution in [3.05, 3.63) is 33.8 Å². The Morgan fingerprint density at radius 2 is 2.26 bits per heavy atom. The van der Waals surface area contributed by atoms with Gasteiger partial charge in [-0.2, -0.15) is 5.10 Å². The molecule has 1 aromatic carbocycles. The van der Waals surface area contributed by atoms with Gasteiger partial charge in [-0.15, -0.1) is 0 Å². The first-order chi connectivity index (χ1) is 11.2. The summed E-state index contributed by atoms with van der Waals surface area (Å²) in [5.74, 6) is 5.70. The molecule has 1 saturated heterocycles. The minimum atomic E-state index is -0.0560. The molecule has 2 fully saturated rings. The number of hydrogen-bond donors (Lipinski definition) is 1. The lowest BCUT2D eigenvalue weighted by Crippen LogP contribution is -2.26. The van der Waals surface area contributed by atoms with Gasteiger partial charge < -0.3 is 10.6 Å². The van der Waals surface area contributed by atoms with E-state index in [-0.39, 0.29) is 11.5 Å². The normalized spacial score (nSPS) is 24.1. The third-order valence-electron chi connectivity index (χ3n) is 4.89. The van der Waals surface area contributed by atoms with E-state index >= 15 is 0 Å². The number of benzene rings is 1. The van der Waals surface area contributed by atoms with E-state index in [0.29, 0.717) is 6.54 Å². The molecule has 1 aromatic rings. The van der Waals surface area contributed by atoms with Gasteiger partial charge in [0.2, 0.25) is 0 Å². The molecule has 1 aliphatic heterocycles. The number of aliphatic imine (C=N–C) groups is 1. The summed E-state index contributed by atoms with van der Waals surface area (Å²) < 4.78 is 6.81. The van der Waals surface area contributed by atoms with E-state index in [2.05, 4.69) is 51.1 Å². The van der Waals surface area contributed by atoms with Crippen LogP contribution in [0.15, 0.2) is 32.8 Å². The van der Waals surface area contributed by atoms with Crippen LogP contribution < -0.4 is 5.84 Å². The smallest absolute Gasteiger partial charge is 0.0883 e. The van der Waals surface area contributed by atoms with Gasteiger partial charge in [-0.3, -0.25) is 4.99 Å². The van der Waals surface area contributed by atoms with Gasteiger partial charge in [0.05, 0.1) is 18.4 Å². The molecule has 3 rings (SSSR count). The topological polar surface area (TPSA) is 60.0 Å². The number of aryl methyl sites for hydroxylation is 1. The molecule has 1 heterocycles. The molecule has 0 amide bonds. The Morgan fingerprint density at radius 1 is 1.43 bits per heavy atom. The first kappa shape index (κ1) is 16.7. The second kappa shape index (κ2) is 7.14. The molecule has 124 valence electrons. The van der Waals surface area contributed by atoms with Crippen LogP contribution in [0.1, 0.15) is 43.2 Å². The fourth-order valence-electron chi connectivity index (χ4n) is 3.39. The maximum absolute atomic E-state index is 5.72. The minimum Gasteiger partial charge on any atom is -0.376 e.